The average Bonchev–Trinajstić information content (AvgIpc) is 3.44. The highest BCUT2D eigenvalue weighted by Gasteiger charge is 2.39. The third kappa shape index (κ3) is 3.98. The summed E-state index contributed by atoms with van der Waals surface area (Å²) in [4.78, 5) is 34.2. The molecule has 2 aromatic heterocycles. The van der Waals surface area contributed by atoms with Crippen LogP contribution in [-0.4, -0.2) is 46.9 Å². The summed E-state index contributed by atoms with van der Waals surface area (Å²) in [5, 5.41) is 6.89. The van der Waals surface area contributed by atoms with Crippen molar-refractivity contribution in [1.82, 2.24) is 15.2 Å². The fourth-order valence-corrected chi connectivity index (χ4v) is 5.28. The molecular weight excluding hydrogens is 408 g/mol. The van der Waals surface area contributed by atoms with Crippen LogP contribution in [0, 0.1) is 0 Å². The van der Waals surface area contributed by atoms with Crippen molar-refractivity contribution in [2.75, 3.05) is 18.0 Å². The Kier molecular flexibility index (Phi) is 5.53. The first kappa shape index (κ1) is 19.9. The zero-order chi connectivity index (χ0) is 21.2. The molecule has 1 aromatic carbocycles. The smallest absolute Gasteiger partial charge is 0.259 e. The van der Waals surface area contributed by atoms with Gasteiger partial charge >= 0.3 is 0 Å². The number of rotatable bonds is 4. The summed E-state index contributed by atoms with van der Waals surface area (Å²) in [6, 6.07) is 14.1. The molecular formula is C24H24N4O2S. The Morgan fingerprint density at radius 3 is 2.81 bits per heavy atom. The van der Waals surface area contributed by atoms with Crippen LogP contribution < -0.4 is 10.2 Å². The quantitative estimate of drug-likeness (QED) is 0.685. The minimum atomic E-state index is -0.0201. The molecule has 3 aromatic rings. The van der Waals surface area contributed by atoms with Crippen LogP contribution in [0.25, 0.3) is 0 Å². The van der Waals surface area contributed by atoms with Crippen molar-refractivity contribution >= 4 is 28.8 Å². The molecule has 6 nitrogen and oxygen atoms in total. The van der Waals surface area contributed by atoms with Crippen molar-refractivity contribution < 1.29 is 9.59 Å². The topological polar surface area (TPSA) is 65.5 Å². The predicted molar refractivity (Wildman–Crippen MR) is 121 cm³/mol. The summed E-state index contributed by atoms with van der Waals surface area (Å²) in [6.45, 7) is 2.03. The fraction of sp³-hybridized carbons (Fsp3) is 0.292. The number of carbonyl (C=O) groups excluding carboxylic acids is 2. The highest BCUT2D eigenvalue weighted by atomic mass is 32.1. The van der Waals surface area contributed by atoms with Gasteiger partial charge in [-0.25, -0.2) is 0 Å². The number of pyridine rings is 1. The van der Waals surface area contributed by atoms with Crippen LogP contribution in [0.5, 0.6) is 0 Å². The predicted octanol–water partition coefficient (Wildman–Crippen LogP) is 3.57. The van der Waals surface area contributed by atoms with E-state index in [4.69, 9.17) is 0 Å². The van der Waals surface area contributed by atoms with Crippen LogP contribution in [-0.2, 0) is 6.54 Å². The van der Waals surface area contributed by atoms with Crippen molar-refractivity contribution in [2.24, 2.45) is 0 Å². The van der Waals surface area contributed by atoms with E-state index in [1.807, 2.05) is 46.0 Å². The summed E-state index contributed by atoms with van der Waals surface area (Å²) < 4.78 is 0. The summed E-state index contributed by atoms with van der Waals surface area (Å²) in [5.41, 5.74) is 3.42. The van der Waals surface area contributed by atoms with E-state index in [1.54, 1.807) is 18.5 Å². The van der Waals surface area contributed by atoms with E-state index < -0.39 is 0 Å². The molecule has 2 unspecified atom stereocenters. The Balaban J connectivity index is 1.37. The molecule has 2 atom stereocenters. The van der Waals surface area contributed by atoms with Crippen LogP contribution in [0.1, 0.15) is 39.1 Å². The van der Waals surface area contributed by atoms with E-state index in [2.05, 4.69) is 21.3 Å². The standard InChI is InChI=1S/C24H24N4O2S/c29-23(19-9-11-31-16-19)26-13-20-7-8-21-15-28(24(30)17-5-3-10-25-12-17)22-6-2-1-4-18(22)14-27(20)21/h1-6,9-12,16,20-21H,7-8,13-15H2,(H,26,29). The van der Waals surface area contributed by atoms with Crippen molar-refractivity contribution in [3.05, 3.63) is 82.3 Å². The molecule has 1 N–H and O–H groups in total. The van der Waals surface area contributed by atoms with Gasteiger partial charge in [-0.3, -0.25) is 19.5 Å². The molecule has 1 fully saturated rings. The highest BCUT2D eigenvalue weighted by molar-refractivity contribution is 7.08. The van der Waals surface area contributed by atoms with E-state index in [1.165, 1.54) is 11.3 Å². The number of carbonyl (C=O) groups is 2. The zero-order valence-corrected chi connectivity index (χ0v) is 17.9. The number of nitrogens with zero attached hydrogens (tertiary/aromatic N) is 3. The van der Waals surface area contributed by atoms with Gasteiger partial charge in [0.2, 0.25) is 0 Å². The lowest BCUT2D eigenvalue weighted by atomic mass is 10.1. The Bertz CT molecular complexity index is 1070. The monoisotopic (exact) mass is 432 g/mol. The van der Waals surface area contributed by atoms with Crippen molar-refractivity contribution in [3.63, 3.8) is 0 Å². The van der Waals surface area contributed by atoms with Crippen LogP contribution in [0.15, 0.2) is 65.6 Å². The van der Waals surface area contributed by atoms with Gasteiger partial charge in [0.05, 0.1) is 5.56 Å². The number of thiophene rings is 1. The molecule has 0 aliphatic carbocycles. The van der Waals surface area contributed by atoms with Gasteiger partial charge in [-0.05, 0) is 48.1 Å². The third-order valence-corrected chi connectivity index (χ3v) is 6.92. The Labute approximate surface area is 185 Å². The number of nitrogens with one attached hydrogen (secondary N) is 1. The first-order valence-electron chi connectivity index (χ1n) is 10.6. The molecule has 2 aliphatic heterocycles. The molecule has 4 heterocycles. The van der Waals surface area contributed by atoms with Gasteiger partial charge in [-0.15, -0.1) is 0 Å². The van der Waals surface area contributed by atoms with Gasteiger partial charge in [-0.2, -0.15) is 11.3 Å². The van der Waals surface area contributed by atoms with Crippen LogP contribution in [0.3, 0.4) is 0 Å². The zero-order valence-electron chi connectivity index (χ0n) is 17.1. The lowest BCUT2D eigenvalue weighted by Gasteiger charge is -2.29. The van der Waals surface area contributed by atoms with E-state index in [0.29, 0.717) is 24.2 Å². The Morgan fingerprint density at radius 2 is 2.00 bits per heavy atom. The molecule has 2 aliphatic rings. The highest BCUT2D eigenvalue weighted by Crippen LogP contribution is 2.35. The van der Waals surface area contributed by atoms with E-state index in [-0.39, 0.29) is 23.9 Å². The maximum absolute atomic E-state index is 13.3. The van der Waals surface area contributed by atoms with E-state index in [9.17, 15) is 9.59 Å². The van der Waals surface area contributed by atoms with Gasteiger partial charge < -0.3 is 10.2 Å². The molecule has 2 amide bonds. The number of anilines is 1. The SMILES string of the molecule is O=C(NCC1CCC2CN(C(=O)c3cccnc3)c3ccccc3CN12)c1ccsc1. The first-order valence-corrected chi connectivity index (χ1v) is 11.5. The van der Waals surface area contributed by atoms with Gasteiger partial charge in [-0.1, -0.05) is 18.2 Å². The molecule has 0 radical (unpaired) electrons. The first-order chi connectivity index (χ1) is 15.2. The summed E-state index contributed by atoms with van der Waals surface area (Å²) >= 11 is 1.53. The maximum atomic E-state index is 13.3. The molecule has 0 spiro atoms. The van der Waals surface area contributed by atoms with Crippen LogP contribution in [0.2, 0.25) is 0 Å². The second kappa shape index (κ2) is 8.61. The third-order valence-electron chi connectivity index (χ3n) is 6.24. The number of para-hydroxylation sites is 1. The number of benzene rings is 1. The molecule has 31 heavy (non-hydrogen) atoms. The number of fused-ring (bicyclic) bond motifs is 2. The number of aromatic nitrogens is 1. The molecule has 0 saturated carbocycles. The Hall–Kier alpha value is -3.03. The van der Waals surface area contributed by atoms with E-state index >= 15 is 0 Å². The van der Waals surface area contributed by atoms with Crippen molar-refractivity contribution in [3.8, 4) is 0 Å². The second-order valence-corrected chi connectivity index (χ2v) is 8.85. The fourth-order valence-electron chi connectivity index (χ4n) is 4.65. The minimum Gasteiger partial charge on any atom is -0.350 e. The summed E-state index contributed by atoms with van der Waals surface area (Å²) in [5.74, 6) is -0.0371. The number of hydrogen-bond donors (Lipinski definition) is 1. The van der Waals surface area contributed by atoms with Crippen LogP contribution >= 0.6 is 11.3 Å². The molecule has 7 heteroatoms. The lowest BCUT2D eigenvalue weighted by molar-refractivity contribution is 0.0934. The summed E-state index contributed by atoms with van der Waals surface area (Å²) in [7, 11) is 0. The molecule has 1 saturated heterocycles. The lowest BCUT2D eigenvalue weighted by Crippen LogP contribution is -2.45. The van der Waals surface area contributed by atoms with E-state index in [0.717, 1.165) is 30.6 Å². The normalized spacial score (nSPS) is 20.6. The Morgan fingerprint density at radius 1 is 1.10 bits per heavy atom. The molecule has 158 valence electrons. The van der Waals surface area contributed by atoms with Gasteiger partial charge in [0.25, 0.3) is 11.8 Å². The number of hydrogen-bond acceptors (Lipinski definition) is 5. The summed E-state index contributed by atoms with van der Waals surface area (Å²) in [6.07, 6.45) is 5.32. The van der Waals surface area contributed by atoms with Gasteiger partial charge in [0, 0.05) is 60.7 Å². The van der Waals surface area contributed by atoms with Crippen molar-refractivity contribution in [2.45, 2.75) is 31.5 Å². The second-order valence-electron chi connectivity index (χ2n) is 8.07. The number of amides is 2. The minimum absolute atomic E-state index is 0.0170. The molecule has 5 rings (SSSR count). The molecule has 0 bridgehead atoms. The van der Waals surface area contributed by atoms with Gasteiger partial charge in [0.1, 0.15) is 0 Å². The average molecular weight is 433 g/mol. The van der Waals surface area contributed by atoms with Crippen molar-refractivity contribution in [1.29, 1.82) is 0 Å². The van der Waals surface area contributed by atoms with Gasteiger partial charge in [0.15, 0.2) is 0 Å². The maximum Gasteiger partial charge on any atom is 0.259 e. The largest absolute Gasteiger partial charge is 0.350 e. The van der Waals surface area contributed by atoms with Crippen LogP contribution in [0.4, 0.5) is 5.69 Å².